The summed E-state index contributed by atoms with van der Waals surface area (Å²) in [5, 5.41) is 4.03. The molecule has 1 aliphatic heterocycles. The Hall–Kier alpha value is -3.29. The minimum Gasteiger partial charge on any atom is -0.454 e. The van der Waals surface area contributed by atoms with Crippen molar-refractivity contribution < 1.29 is 18.8 Å². The predicted octanol–water partition coefficient (Wildman–Crippen LogP) is 2.02. The van der Waals surface area contributed by atoms with Crippen LogP contribution in [0.4, 0.5) is 0 Å². The maximum absolute atomic E-state index is 11.9. The van der Waals surface area contributed by atoms with Crippen molar-refractivity contribution in [2.24, 2.45) is 0 Å². The van der Waals surface area contributed by atoms with Gasteiger partial charge in [-0.3, -0.25) is 4.79 Å². The summed E-state index contributed by atoms with van der Waals surface area (Å²) in [6.07, 6.45) is 1.81. The molecule has 0 fully saturated rings. The number of likely N-dealkylation sites (N-methyl/N-ethyl adjacent to an activating group) is 1. The van der Waals surface area contributed by atoms with Crippen LogP contribution >= 0.6 is 0 Å². The zero-order valence-electron chi connectivity index (χ0n) is 13.8. The van der Waals surface area contributed by atoms with E-state index in [2.05, 4.69) is 10.1 Å². The first-order valence-corrected chi connectivity index (χ1v) is 7.71. The molecule has 1 aliphatic rings. The van der Waals surface area contributed by atoms with E-state index < -0.39 is 0 Å². The van der Waals surface area contributed by atoms with E-state index in [0.717, 1.165) is 5.56 Å². The molecule has 25 heavy (non-hydrogen) atoms. The normalized spacial score (nSPS) is 12.4. The molecule has 0 atom stereocenters. The van der Waals surface area contributed by atoms with Gasteiger partial charge in [0.15, 0.2) is 11.5 Å². The fourth-order valence-corrected chi connectivity index (χ4v) is 2.51. The second-order valence-electron chi connectivity index (χ2n) is 5.80. The Kier molecular flexibility index (Phi) is 3.64. The lowest BCUT2D eigenvalue weighted by Crippen LogP contribution is -2.26. The highest BCUT2D eigenvalue weighted by Gasteiger charge is 2.19. The highest BCUT2D eigenvalue weighted by molar-refractivity contribution is 5.76. The average molecular weight is 340 g/mol. The molecule has 3 aromatic rings. The minimum absolute atomic E-state index is 0.0204. The van der Waals surface area contributed by atoms with Gasteiger partial charge < -0.3 is 23.5 Å². The van der Waals surface area contributed by atoms with Crippen LogP contribution in [0.15, 0.2) is 41.1 Å². The van der Waals surface area contributed by atoms with Gasteiger partial charge in [-0.15, -0.1) is 0 Å². The van der Waals surface area contributed by atoms with Gasteiger partial charge >= 0.3 is 0 Å². The lowest BCUT2D eigenvalue weighted by atomic mass is 10.2. The standard InChI is InChI=1S/C17H16N4O4/c1-20(2)15(22)9-21-7-3-4-12(21)17-18-16(19-25-17)11-5-6-13-14(8-11)24-10-23-13/h3-8H,9-10H2,1-2H3. The molecule has 1 amide bonds. The Morgan fingerprint density at radius 1 is 1.24 bits per heavy atom. The second kappa shape index (κ2) is 5.97. The fourth-order valence-electron chi connectivity index (χ4n) is 2.51. The largest absolute Gasteiger partial charge is 0.454 e. The van der Waals surface area contributed by atoms with E-state index in [1.807, 2.05) is 30.3 Å². The third kappa shape index (κ3) is 2.82. The predicted molar refractivity (Wildman–Crippen MR) is 88.0 cm³/mol. The molecule has 2 aromatic heterocycles. The first-order chi connectivity index (χ1) is 12.1. The van der Waals surface area contributed by atoms with Crippen molar-refractivity contribution in [3.63, 3.8) is 0 Å². The molecule has 0 radical (unpaired) electrons. The summed E-state index contributed by atoms with van der Waals surface area (Å²) in [5.74, 6) is 2.13. The van der Waals surface area contributed by atoms with Crippen molar-refractivity contribution in [3.8, 4) is 34.5 Å². The molecular formula is C17H16N4O4. The van der Waals surface area contributed by atoms with Crippen molar-refractivity contribution in [1.29, 1.82) is 0 Å². The molecule has 0 saturated heterocycles. The summed E-state index contributed by atoms with van der Waals surface area (Å²) < 4.78 is 17.8. The van der Waals surface area contributed by atoms with Gasteiger partial charge in [0, 0.05) is 25.9 Å². The van der Waals surface area contributed by atoms with Crippen molar-refractivity contribution in [1.82, 2.24) is 19.6 Å². The smallest absolute Gasteiger partial charge is 0.274 e. The Morgan fingerprint density at radius 3 is 2.92 bits per heavy atom. The number of carbonyl (C=O) groups excluding carboxylic acids is 1. The van der Waals surface area contributed by atoms with E-state index in [9.17, 15) is 4.79 Å². The van der Waals surface area contributed by atoms with Gasteiger partial charge in [0.05, 0.1) is 0 Å². The molecule has 8 nitrogen and oxygen atoms in total. The van der Waals surface area contributed by atoms with Crippen LogP contribution in [0, 0.1) is 0 Å². The van der Waals surface area contributed by atoms with Gasteiger partial charge in [-0.1, -0.05) is 5.16 Å². The molecule has 128 valence electrons. The second-order valence-corrected chi connectivity index (χ2v) is 5.80. The van der Waals surface area contributed by atoms with Crippen molar-refractivity contribution in [2.45, 2.75) is 6.54 Å². The van der Waals surface area contributed by atoms with Crippen LogP contribution in [0.1, 0.15) is 0 Å². The number of carbonyl (C=O) groups is 1. The molecule has 0 spiro atoms. The first kappa shape index (κ1) is 15.3. The zero-order valence-corrected chi connectivity index (χ0v) is 13.8. The van der Waals surface area contributed by atoms with E-state index in [4.69, 9.17) is 14.0 Å². The summed E-state index contributed by atoms with van der Waals surface area (Å²) in [6, 6.07) is 9.14. The highest BCUT2D eigenvalue weighted by atomic mass is 16.7. The summed E-state index contributed by atoms with van der Waals surface area (Å²) >= 11 is 0. The van der Waals surface area contributed by atoms with Crippen LogP contribution < -0.4 is 9.47 Å². The SMILES string of the molecule is CN(C)C(=O)Cn1cccc1-c1nc(-c2ccc3c(c2)OCO3)no1. The lowest BCUT2D eigenvalue weighted by Gasteiger charge is -2.11. The molecular weight excluding hydrogens is 324 g/mol. The number of benzene rings is 1. The third-order valence-corrected chi connectivity index (χ3v) is 3.91. The number of hydrogen-bond acceptors (Lipinski definition) is 6. The van der Waals surface area contributed by atoms with Gasteiger partial charge in [0.25, 0.3) is 5.89 Å². The van der Waals surface area contributed by atoms with Crippen LogP contribution in [0.25, 0.3) is 23.0 Å². The van der Waals surface area contributed by atoms with E-state index in [1.165, 1.54) is 4.90 Å². The van der Waals surface area contributed by atoms with E-state index in [-0.39, 0.29) is 19.2 Å². The molecule has 0 bridgehead atoms. The van der Waals surface area contributed by atoms with Crippen molar-refractivity contribution in [3.05, 3.63) is 36.5 Å². The number of amides is 1. The van der Waals surface area contributed by atoms with E-state index >= 15 is 0 Å². The summed E-state index contributed by atoms with van der Waals surface area (Å²) in [6.45, 7) is 0.417. The highest BCUT2D eigenvalue weighted by Crippen LogP contribution is 2.35. The van der Waals surface area contributed by atoms with Gasteiger partial charge in [-0.2, -0.15) is 4.98 Å². The van der Waals surface area contributed by atoms with Gasteiger partial charge in [-0.25, -0.2) is 0 Å². The molecule has 1 aromatic carbocycles. The van der Waals surface area contributed by atoms with E-state index in [0.29, 0.717) is 28.9 Å². The number of fused-ring (bicyclic) bond motifs is 1. The molecule has 8 heteroatoms. The van der Waals surface area contributed by atoms with Gasteiger partial charge in [0.2, 0.25) is 18.5 Å². The van der Waals surface area contributed by atoms with Crippen LogP contribution in [-0.2, 0) is 11.3 Å². The summed E-state index contributed by atoms with van der Waals surface area (Å²) in [4.78, 5) is 17.9. The topological polar surface area (TPSA) is 82.6 Å². The molecule has 0 saturated carbocycles. The number of nitrogens with zero attached hydrogens (tertiary/aromatic N) is 4. The molecule has 0 N–H and O–H groups in total. The van der Waals surface area contributed by atoms with Crippen LogP contribution in [0.3, 0.4) is 0 Å². The monoisotopic (exact) mass is 340 g/mol. The number of ether oxygens (including phenoxy) is 2. The first-order valence-electron chi connectivity index (χ1n) is 7.71. The maximum atomic E-state index is 11.9. The van der Waals surface area contributed by atoms with Gasteiger partial charge in [0.1, 0.15) is 12.2 Å². The number of rotatable bonds is 4. The molecule has 0 unspecified atom stereocenters. The Morgan fingerprint density at radius 2 is 2.08 bits per heavy atom. The minimum atomic E-state index is -0.0204. The lowest BCUT2D eigenvalue weighted by molar-refractivity contribution is -0.129. The van der Waals surface area contributed by atoms with Crippen LogP contribution in [-0.4, -0.2) is 46.4 Å². The van der Waals surface area contributed by atoms with Gasteiger partial charge in [-0.05, 0) is 30.3 Å². The molecule has 3 heterocycles. The third-order valence-electron chi connectivity index (χ3n) is 3.91. The quantitative estimate of drug-likeness (QED) is 0.723. The number of aromatic nitrogens is 3. The van der Waals surface area contributed by atoms with Crippen LogP contribution in [0.5, 0.6) is 11.5 Å². The zero-order chi connectivity index (χ0) is 17.4. The summed E-state index contributed by atoms with van der Waals surface area (Å²) in [5.41, 5.74) is 1.46. The van der Waals surface area contributed by atoms with E-state index in [1.54, 1.807) is 24.9 Å². The Labute approximate surface area is 143 Å². The fraction of sp³-hybridized carbons (Fsp3) is 0.235. The Bertz CT molecular complexity index is 928. The average Bonchev–Trinajstić information content (AvgIpc) is 3.33. The Balaban J connectivity index is 1.62. The van der Waals surface area contributed by atoms with Crippen molar-refractivity contribution >= 4 is 5.91 Å². The van der Waals surface area contributed by atoms with Crippen LogP contribution in [0.2, 0.25) is 0 Å². The molecule has 0 aliphatic carbocycles. The number of hydrogen-bond donors (Lipinski definition) is 0. The van der Waals surface area contributed by atoms with Crippen molar-refractivity contribution in [2.75, 3.05) is 20.9 Å². The summed E-state index contributed by atoms with van der Waals surface area (Å²) in [7, 11) is 3.44. The maximum Gasteiger partial charge on any atom is 0.274 e. The molecule has 4 rings (SSSR count).